The highest BCUT2D eigenvalue weighted by molar-refractivity contribution is 5.75. The number of amides is 2. The molecular formula is C27H42F2N4O. The summed E-state index contributed by atoms with van der Waals surface area (Å²) in [6.45, 7) is 13.2. The van der Waals surface area contributed by atoms with Gasteiger partial charge in [0.15, 0.2) is 0 Å². The average molecular weight is 477 g/mol. The van der Waals surface area contributed by atoms with Crippen LogP contribution in [0.5, 0.6) is 0 Å². The Morgan fingerprint density at radius 3 is 2.21 bits per heavy atom. The molecule has 3 fully saturated rings. The Balaban J connectivity index is 1.38. The summed E-state index contributed by atoms with van der Waals surface area (Å²) in [5.74, 6) is -2.88. The molecule has 4 rings (SSSR count). The Morgan fingerprint density at radius 1 is 1.00 bits per heavy atom. The quantitative estimate of drug-likeness (QED) is 0.688. The molecule has 2 saturated heterocycles. The number of benzene rings is 1. The molecule has 5 nitrogen and oxygen atoms in total. The van der Waals surface area contributed by atoms with Crippen LogP contribution in [-0.4, -0.2) is 84.0 Å². The molecule has 1 aromatic rings. The normalized spacial score (nSPS) is 28.1. The molecule has 2 amide bonds. The van der Waals surface area contributed by atoms with Gasteiger partial charge in [0.2, 0.25) is 0 Å². The van der Waals surface area contributed by atoms with Crippen LogP contribution < -0.4 is 5.32 Å². The van der Waals surface area contributed by atoms with Gasteiger partial charge in [-0.15, -0.1) is 0 Å². The molecule has 1 N–H and O–H groups in total. The third-order valence-electron chi connectivity index (χ3n) is 8.58. The summed E-state index contributed by atoms with van der Waals surface area (Å²) in [5.41, 5.74) is 2.54. The van der Waals surface area contributed by atoms with Crippen LogP contribution in [0, 0.1) is 6.92 Å². The van der Waals surface area contributed by atoms with E-state index in [0.29, 0.717) is 32.0 Å². The number of alkyl halides is 2. The number of halogens is 2. The molecular weight excluding hydrogens is 434 g/mol. The van der Waals surface area contributed by atoms with Gasteiger partial charge < -0.3 is 10.2 Å². The van der Waals surface area contributed by atoms with Crippen LogP contribution in [-0.2, 0) is 5.41 Å². The fraction of sp³-hybridized carbons (Fsp3) is 0.741. The number of nitrogens with zero attached hydrogens (tertiary/aromatic N) is 3. The van der Waals surface area contributed by atoms with Crippen LogP contribution in [0.4, 0.5) is 13.6 Å². The van der Waals surface area contributed by atoms with Crippen molar-refractivity contribution in [2.24, 2.45) is 0 Å². The van der Waals surface area contributed by atoms with Gasteiger partial charge in [-0.25, -0.2) is 13.6 Å². The molecule has 0 bridgehead atoms. The SMILES string of the molecule is Cc1ccc(C2(C)CCN(C(=O)N[C@@H]3C(N4CCN(C(C)C)CC4)CCCC3(F)F)CC2)cc1. The van der Waals surface area contributed by atoms with Gasteiger partial charge in [0.05, 0.1) is 0 Å². The first kappa shape index (κ1) is 25.4. The van der Waals surface area contributed by atoms with Crippen LogP contribution in [0.25, 0.3) is 0 Å². The highest BCUT2D eigenvalue weighted by Crippen LogP contribution is 2.38. The lowest BCUT2D eigenvalue weighted by Gasteiger charge is -2.48. The number of aryl methyl sites for hydroxylation is 1. The third kappa shape index (κ3) is 5.40. The molecule has 0 radical (unpaired) electrons. The second-order valence-electron chi connectivity index (χ2n) is 11.2. The Labute approximate surface area is 203 Å². The molecule has 190 valence electrons. The van der Waals surface area contributed by atoms with E-state index in [-0.39, 0.29) is 23.9 Å². The smallest absolute Gasteiger partial charge is 0.317 e. The number of hydrogen-bond donors (Lipinski definition) is 1. The minimum absolute atomic E-state index is 0.0118. The zero-order valence-corrected chi connectivity index (χ0v) is 21.3. The Bertz CT molecular complexity index is 828. The first-order valence-electron chi connectivity index (χ1n) is 13.1. The lowest BCUT2D eigenvalue weighted by atomic mass is 9.74. The van der Waals surface area contributed by atoms with E-state index in [2.05, 4.69) is 67.1 Å². The van der Waals surface area contributed by atoms with Gasteiger partial charge >= 0.3 is 6.03 Å². The van der Waals surface area contributed by atoms with Crippen molar-refractivity contribution in [3.8, 4) is 0 Å². The second-order valence-corrected chi connectivity index (χ2v) is 11.2. The minimum Gasteiger partial charge on any atom is -0.328 e. The van der Waals surface area contributed by atoms with Crippen molar-refractivity contribution in [1.82, 2.24) is 20.0 Å². The van der Waals surface area contributed by atoms with Crippen molar-refractivity contribution in [3.63, 3.8) is 0 Å². The Hall–Kier alpha value is -1.73. The van der Waals surface area contributed by atoms with Crippen molar-refractivity contribution in [2.45, 2.75) is 89.3 Å². The Kier molecular flexibility index (Phi) is 7.53. The maximum atomic E-state index is 15.1. The first-order valence-corrected chi connectivity index (χ1v) is 13.1. The molecule has 1 unspecified atom stereocenters. The predicted octanol–water partition coefficient (Wildman–Crippen LogP) is 4.64. The molecule has 7 heteroatoms. The number of piperidine rings is 1. The zero-order chi connectivity index (χ0) is 24.5. The van der Waals surface area contributed by atoms with Gasteiger partial charge in [0, 0.05) is 57.8 Å². The van der Waals surface area contributed by atoms with Crippen LogP contribution in [0.15, 0.2) is 24.3 Å². The van der Waals surface area contributed by atoms with Gasteiger partial charge in [-0.3, -0.25) is 9.80 Å². The lowest BCUT2D eigenvalue weighted by Crippen LogP contribution is -2.66. The monoisotopic (exact) mass is 476 g/mol. The molecule has 2 heterocycles. The first-order chi connectivity index (χ1) is 16.1. The fourth-order valence-corrected chi connectivity index (χ4v) is 6.00. The van der Waals surface area contributed by atoms with Crippen LogP contribution in [0.3, 0.4) is 0 Å². The van der Waals surface area contributed by atoms with Crippen molar-refractivity contribution < 1.29 is 13.6 Å². The highest BCUT2D eigenvalue weighted by Gasteiger charge is 2.50. The molecule has 3 aliphatic rings. The van der Waals surface area contributed by atoms with Crippen molar-refractivity contribution >= 4 is 6.03 Å². The molecule has 1 aliphatic carbocycles. The molecule has 34 heavy (non-hydrogen) atoms. The van der Waals surface area contributed by atoms with Gasteiger partial charge in [0.1, 0.15) is 6.04 Å². The molecule has 2 aliphatic heterocycles. The van der Waals surface area contributed by atoms with E-state index in [9.17, 15) is 4.79 Å². The van der Waals surface area contributed by atoms with E-state index in [0.717, 1.165) is 39.0 Å². The van der Waals surface area contributed by atoms with Gasteiger partial charge in [0.25, 0.3) is 5.92 Å². The topological polar surface area (TPSA) is 38.8 Å². The lowest BCUT2D eigenvalue weighted by molar-refractivity contribution is -0.0973. The summed E-state index contributed by atoms with van der Waals surface area (Å²) in [7, 11) is 0. The number of urea groups is 1. The third-order valence-corrected chi connectivity index (χ3v) is 8.58. The van der Waals surface area contributed by atoms with E-state index >= 15 is 8.78 Å². The number of hydrogen-bond acceptors (Lipinski definition) is 3. The molecule has 1 saturated carbocycles. The highest BCUT2D eigenvalue weighted by atomic mass is 19.3. The number of piperazine rings is 1. The predicted molar refractivity (Wildman–Crippen MR) is 133 cm³/mol. The van der Waals surface area contributed by atoms with E-state index in [1.165, 1.54) is 11.1 Å². The number of carbonyl (C=O) groups excluding carboxylic acids is 1. The van der Waals surface area contributed by atoms with Gasteiger partial charge in [-0.2, -0.15) is 0 Å². The largest absolute Gasteiger partial charge is 0.328 e. The Morgan fingerprint density at radius 2 is 1.62 bits per heavy atom. The van der Waals surface area contributed by atoms with Crippen LogP contribution in [0.1, 0.15) is 64.0 Å². The standard InChI is InChI=1S/C27H42F2N4O/c1-20(2)31-16-18-32(19-17-31)23-6-5-11-27(28,29)24(23)30-25(34)33-14-12-26(4,13-15-33)22-9-7-21(3)8-10-22/h7-10,20,23-24H,5-6,11-19H2,1-4H3,(H,30,34)/t23?,24-/m1/s1. The molecule has 0 spiro atoms. The maximum absolute atomic E-state index is 15.1. The van der Waals surface area contributed by atoms with Gasteiger partial charge in [-0.05, 0) is 57.4 Å². The minimum atomic E-state index is -2.88. The van der Waals surface area contributed by atoms with E-state index in [1.807, 2.05) is 0 Å². The van der Waals surface area contributed by atoms with Crippen LogP contribution >= 0.6 is 0 Å². The summed E-state index contributed by atoms with van der Waals surface area (Å²) >= 11 is 0. The molecule has 2 atom stereocenters. The summed E-state index contributed by atoms with van der Waals surface area (Å²) in [4.78, 5) is 19.5. The van der Waals surface area contributed by atoms with Crippen molar-refractivity contribution in [1.29, 1.82) is 0 Å². The number of nitrogens with one attached hydrogen (secondary N) is 1. The van der Waals surface area contributed by atoms with Crippen molar-refractivity contribution in [3.05, 3.63) is 35.4 Å². The van der Waals surface area contributed by atoms with E-state index in [1.54, 1.807) is 4.90 Å². The van der Waals surface area contributed by atoms with E-state index in [4.69, 9.17) is 0 Å². The van der Waals surface area contributed by atoms with Gasteiger partial charge in [-0.1, -0.05) is 36.8 Å². The molecule has 0 aromatic heterocycles. The average Bonchev–Trinajstić information content (AvgIpc) is 2.81. The summed E-state index contributed by atoms with van der Waals surface area (Å²) < 4.78 is 30.2. The zero-order valence-electron chi connectivity index (χ0n) is 21.3. The molecule has 1 aromatic carbocycles. The van der Waals surface area contributed by atoms with Crippen LogP contribution in [0.2, 0.25) is 0 Å². The fourth-order valence-electron chi connectivity index (χ4n) is 6.00. The van der Waals surface area contributed by atoms with E-state index < -0.39 is 12.0 Å². The second kappa shape index (κ2) is 10.1. The number of rotatable bonds is 4. The maximum Gasteiger partial charge on any atom is 0.317 e. The number of carbonyl (C=O) groups is 1. The summed E-state index contributed by atoms with van der Waals surface area (Å²) in [6, 6.07) is 7.33. The van der Waals surface area contributed by atoms with Crippen molar-refractivity contribution in [2.75, 3.05) is 39.3 Å². The number of likely N-dealkylation sites (tertiary alicyclic amines) is 1. The summed E-state index contributed by atoms with van der Waals surface area (Å²) in [5, 5.41) is 2.82. The summed E-state index contributed by atoms with van der Waals surface area (Å²) in [6.07, 6.45) is 2.75.